The van der Waals surface area contributed by atoms with Crippen LogP contribution >= 0.6 is 11.6 Å². The van der Waals surface area contributed by atoms with Gasteiger partial charge in [0.2, 0.25) is 5.82 Å². The molecule has 5 rings (SSSR count). The van der Waals surface area contributed by atoms with Gasteiger partial charge in [0, 0.05) is 12.0 Å². The van der Waals surface area contributed by atoms with Gasteiger partial charge in [-0.1, -0.05) is 28.9 Å². The number of carbonyl (C=O) groups is 1. The van der Waals surface area contributed by atoms with Crippen molar-refractivity contribution in [1.29, 1.82) is 0 Å². The predicted octanol–water partition coefficient (Wildman–Crippen LogP) is 6.04. The van der Waals surface area contributed by atoms with Crippen molar-refractivity contribution in [2.75, 3.05) is 10.8 Å². The number of hydrogen-bond donors (Lipinski definition) is 1. The summed E-state index contributed by atoms with van der Waals surface area (Å²) in [6, 6.07) is 11.4. The quantitative estimate of drug-likeness (QED) is 0.251. The lowest BCUT2D eigenvalue weighted by Crippen LogP contribution is -2.43. The fourth-order valence-corrected chi connectivity index (χ4v) is 6.01. The number of nitrogens with zero attached hydrogens (tertiary/aromatic N) is 3. The maximum Gasteiger partial charge on any atom is 0.416 e. The summed E-state index contributed by atoms with van der Waals surface area (Å²) in [5.74, 6) is -2.11. The third-order valence-corrected chi connectivity index (χ3v) is 8.27. The topological polar surface area (TPSA) is 123 Å². The van der Waals surface area contributed by atoms with E-state index in [4.69, 9.17) is 26.0 Å². The summed E-state index contributed by atoms with van der Waals surface area (Å²) < 4.78 is 93.7. The summed E-state index contributed by atoms with van der Waals surface area (Å²) in [6.45, 7) is -0.384. The first-order chi connectivity index (χ1) is 19.3. The van der Waals surface area contributed by atoms with E-state index < -0.39 is 44.5 Å². The van der Waals surface area contributed by atoms with Crippen LogP contribution in [0, 0.1) is 5.82 Å². The molecular formula is C26H18ClF4N3O6S. The van der Waals surface area contributed by atoms with Crippen molar-refractivity contribution in [3.8, 4) is 28.6 Å². The Bertz CT molecular complexity index is 1720. The number of benzene rings is 3. The lowest BCUT2D eigenvalue weighted by molar-refractivity contribution is -0.138. The Morgan fingerprint density at radius 3 is 2.59 bits per heavy atom. The van der Waals surface area contributed by atoms with E-state index in [1.54, 1.807) is 0 Å². The van der Waals surface area contributed by atoms with Gasteiger partial charge in [0.25, 0.3) is 15.9 Å². The molecule has 214 valence electrons. The van der Waals surface area contributed by atoms with Crippen LogP contribution in [0.4, 0.5) is 23.2 Å². The number of ether oxygens (including phenoxy) is 1. The fraction of sp³-hybridized carbons (Fsp3) is 0.192. The van der Waals surface area contributed by atoms with Gasteiger partial charge in [-0.3, -0.25) is 9.10 Å². The molecule has 1 aliphatic rings. The average molecular weight is 612 g/mol. The molecule has 0 bridgehead atoms. The molecule has 15 heteroatoms. The highest BCUT2D eigenvalue weighted by Gasteiger charge is 2.37. The lowest BCUT2D eigenvalue weighted by atomic mass is 10.1. The van der Waals surface area contributed by atoms with Crippen molar-refractivity contribution in [3.63, 3.8) is 0 Å². The molecule has 0 saturated carbocycles. The molecule has 0 amide bonds. The minimum Gasteiger partial charge on any atom is -0.486 e. The number of sulfonamides is 1. The van der Waals surface area contributed by atoms with Gasteiger partial charge in [0.05, 0.1) is 33.3 Å². The van der Waals surface area contributed by atoms with Crippen LogP contribution in [-0.2, 0) is 21.0 Å². The first-order valence-electron chi connectivity index (χ1n) is 11.9. The Balaban J connectivity index is 1.57. The Hall–Kier alpha value is -4.17. The molecule has 2 heterocycles. The van der Waals surface area contributed by atoms with Crippen LogP contribution in [0.5, 0.6) is 5.75 Å². The number of hydrogen-bond acceptors (Lipinski definition) is 7. The van der Waals surface area contributed by atoms with Crippen LogP contribution in [0.1, 0.15) is 18.4 Å². The Morgan fingerprint density at radius 2 is 1.88 bits per heavy atom. The van der Waals surface area contributed by atoms with E-state index in [-0.39, 0.29) is 58.7 Å². The van der Waals surface area contributed by atoms with E-state index in [0.717, 1.165) is 28.6 Å². The zero-order valence-electron chi connectivity index (χ0n) is 20.6. The molecule has 1 N–H and O–H groups in total. The number of carboxylic acid groups (broad SMARTS) is 1. The zero-order valence-corrected chi connectivity index (χ0v) is 22.2. The Labute approximate surface area is 235 Å². The highest BCUT2D eigenvalue weighted by Crippen LogP contribution is 2.41. The molecule has 1 unspecified atom stereocenters. The molecular weight excluding hydrogens is 594 g/mol. The molecule has 0 saturated heterocycles. The smallest absolute Gasteiger partial charge is 0.416 e. The summed E-state index contributed by atoms with van der Waals surface area (Å²) in [5, 5.41) is 12.9. The summed E-state index contributed by atoms with van der Waals surface area (Å²) in [5.41, 5.74) is -1.14. The van der Waals surface area contributed by atoms with Crippen LogP contribution in [0.15, 0.2) is 70.1 Å². The normalized spacial score (nSPS) is 15.3. The zero-order chi connectivity index (χ0) is 29.5. The highest BCUT2D eigenvalue weighted by atomic mass is 35.5. The van der Waals surface area contributed by atoms with Gasteiger partial charge in [-0.05, 0) is 55.0 Å². The standard InChI is InChI=1S/C26H18ClF4N3O6S/c27-18-5-2-6-19(28)23(18)25-32-24(33-40-25)14-7-9-21-20(11-14)34(13-16(39-21)8-10-22(35)36)41(37,38)17-4-1-3-15(12-17)26(29,30)31/h1-7,9,11-12,16H,8,10,13H2,(H,35,36). The van der Waals surface area contributed by atoms with E-state index in [1.165, 1.54) is 30.3 Å². The van der Waals surface area contributed by atoms with Gasteiger partial charge < -0.3 is 14.4 Å². The molecule has 9 nitrogen and oxygen atoms in total. The number of carboxylic acids is 1. The second-order valence-electron chi connectivity index (χ2n) is 8.94. The summed E-state index contributed by atoms with van der Waals surface area (Å²) in [6.07, 6.45) is -6.10. The van der Waals surface area contributed by atoms with Crippen LogP contribution in [0.2, 0.25) is 5.02 Å². The minimum atomic E-state index is -4.79. The number of halogens is 5. The highest BCUT2D eigenvalue weighted by molar-refractivity contribution is 7.92. The van der Waals surface area contributed by atoms with Crippen molar-refractivity contribution >= 4 is 33.3 Å². The molecule has 1 aromatic heterocycles. The Morgan fingerprint density at radius 1 is 1.12 bits per heavy atom. The van der Waals surface area contributed by atoms with Gasteiger partial charge in [-0.2, -0.15) is 18.2 Å². The van der Waals surface area contributed by atoms with Gasteiger partial charge in [0.15, 0.2) is 0 Å². The van der Waals surface area contributed by atoms with E-state index in [9.17, 15) is 30.8 Å². The molecule has 0 spiro atoms. The largest absolute Gasteiger partial charge is 0.486 e. The van der Waals surface area contributed by atoms with Crippen molar-refractivity contribution in [1.82, 2.24) is 10.1 Å². The number of rotatable bonds is 7. The average Bonchev–Trinajstić information content (AvgIpc) is 3.40. The number of anilines is 1. The van der Waals surface area contributed by atoms with Crippen LogP contribution in [-0.4, -0.2) is 42.3 Å². The molecule has 0 fully saturated rings. The third-order valence-electron chi connectivity index (χ3n) is 6.18. The molecule has 41 heavy (non-hydrogen) atoms. The van der Waals surface area contributed by atoms with E-state index in [0.29, 0.717) is 6.07 Å². The van der Waals surface area contributed by atoms with E-state index in [2.05, 4.69) is 10.1 Å². The van der Waals surface area contributed by atoms with E-state index >= 15 is 0 Å². The second-order valence-corrected chi connectivity index (χ2v) is 11.2. The van der Waals surface area contributed by atoms with Crippen LogP contribution < -0.4 is 9.04 Å². The molecule has 0 radical (unpaired) electrons. The van der Waals surface area contributed by atoms with Crippen LogP contribution in [0.3, 0.4) is 0 Å². The number of aliphatic carboxylic acids is 1. The second kappa shape index (κ2) is 10.7. The van der Waals surface area contributed by atoms with Crippen LogP contribution in [0.25, 0.3) is 22.8 Å². The third kappa shape index (κ3) is 5.70. The van der Waals surface area contributed by atoms with Gasteiger partial charge in [-0.15, -0.1) is 0 Å². The SMILES string of the molecule is O=C(O)CCC1CN(S(=O)(=O)c2cccc(C(F)(F)F)c2)c2cc(-c3noc(-c4c(F)cccc4Cl)n3)ccc2O1. The molecule has 3 aromatic carbocycles. The first kappa shape index (κ1) is 28.4. The predicted molar refractivity (Wildman–Crippen MR) is 137 cm³/mol. The monoisotopic (exact) mass is 611 g/mol. The fourth-order valence-electron chi connectivity index (χ4n) is 4.22. The number of fused-ring (bicyclic) bond motifs is 1. The maximum absolute atomic E-state index is 14.4. The Kier molecular flexibility index (Phi) is 7.38. The van der Waals surface area contributed by atoms with Gasteiger partial charge >= 0.3 is 12.1 Å². The molecule has 1 atom stereocenters. The maximum atomic E-state index is 14.4. The number of aromatic nitrogens is 2. The summed E-state index contributed by atoms with van der Waals surface area (Å²) in [4.78, 5) is 14.7. The van der Waals surface area contributed by atoms with E-state index in [1.807, 2.05) is 0 Å². The van der Waals surface area contributed by atoms with Crippen molar-refractivity contribution < 1.29 is 45.1 Å². The minimum absolute atomic E-state index is 0.0183. The summed E-state index contributed by atoms with van der Waals surface area (Å²) in [7, 11) is -4.60. The first-order valence-corrected chi connectivity index (χ1v) is 13.7. The van der Waals surface area contributed by atoms with Crippen molar-refractivity contribution in [2.24, 2.45) is 0 Å². The number of alkyl halides is 3. The van der Waals surface area contributed by atoms with Crippen molar-refractivity contribution in [3.05, 3.63) is 77.1 Å². The molecule has 1 aliphatic heterocycles. The molecule has 4 aromatic rings. The van der Waals surface area contributed by atoms with Gasteiger partial charge in [0.1, 0.15) is 17.7 Å². The van der Waals surface area contributed by atoms with Crippen molar-refractivity contribution in [2.45, 2.75) is 30.0 Å². The summed E-state index contributed by atoms with van der Waals surface area (Å²) >= 11 is 6.07. The lowest BCUT2D eigenvalue weighted by Gasteiger charge is -2.35. The van der Waals surface area contributed by atoms with Gasteiger partial charge in [-0.25, -0.2) is 12.8 Å². The molecule has 0 aliphatic carbocycles.